The van der Waals surface area contributed by atoms with Gasteiger partial charge in [-0.1, -0.05) is 72.8 Å². The summed E-state index contributed by atoms with van der Waals surface area (Å²) < 4.78 is 26.5. The van der Waals surface area contributed by atoms with Gasteiger partial charge in [0.05, 0.1) is 51.5 Å². The maximum atomic E-state index is 15.3. The number of aromatic amines is 1. The lowest BCUT2D eigenvalue weighted by atomic mass is 9.90. The molecule has 19 N–H and O–H groups in total. The molecular weight excluding hydrogens is 1250 g/mol. The largest absolute Gasteiger partial charge is 0.497 e. The third kappa shape index (κ3) is 23.8. The number of primary amides is 1. The number of hydrogen-bond donors (Lipinski definition) is 16. The lowest BCUT2D eigenvalue weighted by Crippen LogP contribution is -2.67. The van der Waals surface area contributed by atoms with Gasteiger partial charge in [-0.15, -0.1) is 10.2 Å². The molecule has 0 spiro atoms. The number of halogens is 1. The van der Waals surface area contributed by atoms with Gasteiger partial charge in [-0.2, -0.15) is 5.21 Å². The quantitative estimate of drug-likeness (QED) is 0.0183. The number of rotatable bonds is 40. The van der Waals surface area contributed by atoms with Gasteiger partial charge in [0, 0.05) is 19.3 Å². The molecule has 0 saturated heterocycles. The van der Waals surface area contributed by atoms with Gasteiger partial charge in [0.15, 0.2) is 5.82 Å². The van der Waals surface area contributed by atoms with E-state index in [1.807, 2.05) is 43.3 Å². The normalized spacial score (nSPS) is 14.6. The molecule has 0 fully saturated rings. The summed E-state index contributed by atoms with van der Waals surface area (Å²) in [6.07, 6.45) is -2.60. The molecule has 96 heavy (non-hydrogen) atoms. The SMILES string of the molecule is CCc1cc(OC)ccc1-c1ccc(C[C@H](NC(=O)C(CC(=O)O)NC(=O)C(CO)NC(=O)[C@@H](NC(=O)[C@](C)(Cc2ccccc2F)NC(=O)[C@@H](NC(=O)CNC(=O)[C@@H](N)Cc2nn[nH]n2)[C@@H](C)O)[C@@H](C)O)C(=O)N[C@@H](CCCc2ccc(OCCCCN)cc2)C(N)=O)cc1. The number of tetrazole rings is 1. The van der Waals surface area contributed by atoms with E-state index in [1.165, 1.54) is 18.2 Å². The number of carboxylic acid groups (broad SMARTS) is 1. The number of aliphatic hydroxyl groups excluding tert-OH is 3. The Morgan fingerprint density at radius 3 is 1.92 bits per heavy atom. The highest BCUT2D eigenvalue weighted by molar-refractivity contribution is 6.00. The number of amides is 9. The van der Waals surface area contributed by atoms with E-state index in [2.05, 4.69) is 63.2 Å². The van der Waals surface area contributed by atoms with Crippen LogP contribution in [0.2, 0.25) is 0 Å². The van der Waals surface area contributed by atoms with Gasteiger partial charge in [0.25, 0.3) is 0 Å². The first kappa shape index (κ1) is 76.7. The second-order valence-electron chi connectivity index (χ2n) is 23.0. The second kappa shape index (κ2) is 37.8. The third-order valence-electron chi connectivity index (χ3n) is 15.4. The highest BCUT2D eigenvalue weighted by Crippen LogP contribution is 2.29. The van der Waals surface area contributed by atoms with Crippen LogP contribution in [0.1, 0.15) is 87.9 Å². The number of methoxy groups -OCH3 is 1. The van der Waals surface area contributed by atoms with Crippen molar-refractivity contribution in [3.63, 3.8) is 0 Å². The van der Waals surface area contributed by atoms with Gasteiger partial charge in [0.1, 0.15) is 59.1 Å². The first-order chi connectivity index (χ1) is 45.7. The Kier molecular flexibility index (Phi) is 30.2. The first-order valence-corrected chi connectivity index (χ1v) is 31.0. The number of nitrogens with zero attached hydrogens (tertiary/aromatic N) is 3. The molecule has 10 atom stereocenters. The number of carbonyl (C=O) groups excluding carboxylic acids is 9. The highest BCUT2D eigenvalue weighted by Gasteiger charge is 2.42. The molecule has 2 unspecified atom stereocenters. The van der Waals surface area contributed by atoms with Crippen LogP contribution in [0.25, 0.3) is 11.1 Å². The van der Waals surface area contributed by atoms with Crippen LogP contribution in [0.5, 0.6) is 11.5 Å². The molecule has 0 radical (unpaired) electrons. The van der Waals surface area contributed by atoms with Crippen LogP contribution in [0.3, 0.4) is 0 Å². The molecule has 0 bridgehead atoms. The monoisotopic (exact) mass is 1340 g/mol. The van der Waals surface area contributed by atoms with E-state index in [0.717, 1.165) is 61.9 Å². The molecular formula is C64H86FN15O16. The zero-order chi connectivity index (χ0) is 70.6. The predicted molar refractivity (Wildman–Crippen MR) is 344 cm³/mol. The molecule has 1 heterocycles. The number of nitrogens with one attached hydrogen (secondary N) is 9. The summed E-state index contributed by atoms with van der Waals surface area (Å²) in [6, 6.07) is 12.9. The predicted octanol–water partition coefficient (Wildman–Crippen LogP) is -2.31. The molecule has 5 rings (SSSR count). The van der Waals surface area contributed by atoms with Crippen molar-refractivity contribution in [2.24, 2.45) is 17.2 Å². The molecule has 0 aliphatic heterocycles. The standard InChI is InChI=1S/C64H86FN15O16/c1-6-39-29-43(95-5)24-25-44(39)40-20-16-38(17-21-40)28-48(58(89)70-47(56(68)87)15-11-12-37-18-22-42(23-19-37)96-27-10-9-26-66)71-59(90)49(31-53(85)86)72-60(91)50(34-81)73-61(92)54(35(2)82)75-63(94)64(4,32-41-13-7-8-14-45(41)65)76-62(93)55(36(3)83)74-52(84)33-69-57(88)46(67)30-51-77-79-80-78-51/h7-8,13-14,16-25,29,35-36,46-50,54-55,81-83H,6,9-12,15,26-28,30-34,66-67H2,1-5H3,(H2,68,87)(H,69,88)(H,70,89)(H,71,90)(H,72,91)(H,73,92)(H,74,84)(H,75,94)(H,76,93)(H,85,86)(H,77,78,79,80)/t35-,36-,46+,47+,48+,49?,50?,54+,55+,64+/m1/s1. The fraction of sp³-hybridized carbons (Fsp3) is 0.453. The number of benzene rings is 4. The van der Waals surface area contributed by atoms with Crippen molar-refractivity contribution in [3.8, 4) is 22.6 Å². The zero-order valence-corrected chi connectivity index (χ0v) is 53.9. The fourth-order valence-corrected chi connectivity index (χ4v) is 9.92. The number of nitrogens with two attached hydrogens (primary N) is 3. The third-order valence-corrected chi connectivity index (χ3v) is 15.4. The van der Waals surface area contributed by atoms with Crippen molar-refractivity contribution in [3.05, 3.63) is 125 Å². The molecule has 1 aromatic heterocycles. The van der Waals surface area contributed by atoms with E-state index in [1.54, 1.807) is 37.4 Å². The lowest BCUT2D eigenvalue weighted by molar-refractivity contribution is -0.142. The minimum atomic E-state index is -2.32. The molecule has 4 aromatic carbocycles. The fourth-order valence-electron chi connectivity index (χ4n) is 9.92. The van der Waals surface area contributed by atoms with Crippen molar-refractivity contribution >= 4 is 59.1 Å². The summed E-state index contributed by atoms with van der Waals surface area (Å²) in [4.78, 5) is 136. The smallest absolute Gasteiger partial charge is 0.305 e. The number of aromatic nitrogens is 4. The summed E-state index contributed by atoms with van der Waals surface area (Å²) in [5.41, 5.74) is 18.8. The molecule has 5 aromatic rings. The maximum absolute atomic E-state index is 15.3. The van der Waals surface area contributed by atoms with Gasteiger partial charge in [-0.3, -0.25) is 47.9 Å². The number of aryl methyl sites for hydroxylation is 2. The molecule has 0 saturated carbocycles. The van der Waals surface area contributed by atoms with Crippen LogP contribution in [0.15, 0.2) is 91.0 Å². The van der Waals surface area contributed by atoms with E-state index in [9.17, 15) is 68.4 Å². The number of carboxylic acids is 1. The Balaban J connectivity index is 1.33. The van der Waals surface area contributed by atoms with Crippen LogP contribution < -0.4 is 69.2 Å². The summed E-state index contributed by atoms with van der Waals surface area (Å²) in [5.74, 6) is -11.2. The number of aliphatic hydroxyl groups is 3. The van der Waals surface area contributed by atoms with Crippen LogP contribution in [0, 0.1) is 5.82 Å². The lowest BCUT2D eigenvalue weighted by Gasteiger charge is -2.34. The molecule has 0 aliphatic carbocycles. The highest BCUT2D eigenvalue weighted by atomic mass is 19.1. The van der Waals surface area contributed by atoms with Crippen molar-refractivity contribution in [2.45, 2.75) is 152 Å². The van der Waals surface area contributed by atoms with Crippen molar-refractivity contribution in [1.29, 1.82) is 0 Å². The van der Waals surface area contributed by atoms with Gasteiger partial charge < -0.3 is 89.6 Å². The number of H-pyrrole nitrogens is 1. The summed E-state index contributed by atoms with van der Waals surface area (Å²) in [6.45, 7) is 4.26. The minimum absolute atomic E-state index is 0.0593. The van der Waals surface area contributed by atoms with Gasteiger partial charge in [-0.05, 0) is 130 Å². The Morgan fingerprint density at radius 2 is 1.31 bits per heavy atom. The van der Waals surface area contributed by atoms with Crippen molar-refractivity contribution < 1.29 is 82.2 Å². The van der Waals surface area contributed by atoms with E-state index >= 15 is 4.39 Å². The van der Waals surface area contributed by atoms with Gasteiger partial charge in [-0.25, -0.2) is 4.39 Å². The minimum Gasteiger partial charge on any atom is -0.497 e. The van der Waals surface area contributed by atoms with E-state index < -0.39 is 151 Å². The second-order valence-corrected chi connectivity index (χ2v) is 23.0. The van der Waals surface area contributed by atoms with E-state index in [-0.39, 0.29) is 30.7 Å². The molecule has 31 nitrogen and oxygen atoms in total. The van der Waals surface area contributed by atoms with Crippen LogP contribution in [0.4, 0.5) is 4.39 Å². The number of hydrogen-bond acceptors (Lipinski definition) is 20. The summed E-state index contributed by atoms with van der Waals surface area (Å²) in [7, 11) is 1.55. The number of aliphatic carboxylic acids is 1. The van der Waals surface area contributed by atoms with Crippen LogP contribution in [-0.2, 0) is 80.0 Å². The average Bonchev–Trinajstić information content (AvgIpc) is 2.14. The zero-order valence-electron chi connectivity index (χ0n) is 53.9. The van der Waals surface area contributed by atoms with Crippen LogP contribution in [-0.4, -0.2) is 194 Å². The van der Waals surface area contributed by atoms with Crippen molar-refractivity contribution in [1.82, 2.24) is 63.2 Å². The summed E-state index contributed by atoms with van der Waals surface area (Å²) in [5, 5.41) is 73.7. The van der Waals surface area contributed by atoms with E-state index in [0.29, 0.717) is 49.5 Å². The Bertz CT molecular complexity index is 3440. The van der Waals surface area contributed by atoms with Crippen molar-refractivity contribution in [2.75, 3.05) is 33.4 Å². The molecule has 520 valence electrons. The number of ether oxygens (including phenoxy) is 2. The average molecular weight is 1340 g/mol. The number of unbranched alkanes of at least 4 members (excludes halogenated alkanes) is 1. The molecule has 32 heteroatoms. The van der Waals surface area contributed by atoms with E-state index in [4.69, 9.17) is 26.7 Å². The van der Waals surface area contributed by atoms with Crippen LogP contribution >= 0.6 is 0 Å². The van der Waals surface area contributed by atoms with Gasteiger partial charge >= 0.3 is 5.97 Å². The topological polar surface area (TPSA) is 499 Å². The molecule has 9 amide bonds. The number of carbonyl (C=O) groups is 10. The first-order valence-electron chi connectivity index (χ1n) is 31.0. The maximum Gasteiger partial charge on any atom is 0.305 e. The van der Waals surface area contributed by atoms with Gasteiger partial charge in [0.2, 0.25) is 53.2 Å². The Morgan fingerprint density at radius 1 is 0.698 bits per heavy atom. The Labute approximate surface area is 552 Å². The molecule has 0 aliphatic rings. The Hall–Kier alpha value is -10.0. The summed E-state index contributed by atoms with van der Waals surface area (Å²) >= 11 is 0.